The average Bonchev–Trinajstić information content (AvgIpc) is 3.06. The van der Waals surface area contributed by atoms with Gasteiger partial charge >= 0.3 is 0 Å². The van der Waals surface area contributed by atoms with Crippen molar-refractivity contribution < 1.29 is 4.74 Å². The van der Waals surface area contributed by atoms with Crippen molar-refractivity contribution in [1.29, 1.82) is 0 Å². The summed E-state index contributed by atoms with van der Waals surface area (Å²) < 4.78 is 10.0. The summed E-state index contributed by atoms with van der Waals surface area (Å²) in [6.07, 6.45) is 4.06. The summed E-state index contributed by atoms with van der Waals surface area (Å²) in [5.41, 5.74) is 0. The highest BCUT2D eigenvalue weighted by Crippen LogP contribution is 2.12. The van der Waals surface area contributed by atoms with Gasteiger partial charge in [-0.2, -0.15) is 5.10 Å². The van der Waals surface area contributed by atoms with Crippen LogP contribution in [0.25, 0.3) is 0 Å². The minimum atomic E-state index is 0.151. The Morgan fingerprint density at radius 2 is 2.23 bits per heavy atom. The minimum Gasteiger partial charge on any atom is -0.374 e. The van der Waals surface area contributed by atoms with E-state index >= 15 is 0 Å². The van der Waals surface area contributed by atoms with Gasteiger partial charge in [0.15, 0.2) is 0 Å². The van der Waals surface area contributed by atoms with Gasteiger partial charge in [0.25, 0.3) is 0 Å². The van der Waals surface area contributed by atoms with Crippen molar-refractivity contribution >= 4 is 0 Å². The first-order valence-electron chi connectivity index (χ1n) is 7.87. The topological polar surface area (TPSA) is 61.0 Å². The molecule has 0 N–H and O–H groups in total. The molecule has 0 amide bonds. The highest BCUT2D eigenvalue weighted by Gasteiger charge is 2.23. The highest BCUT2D eigenvalue weighted by atomic mass is 16.5. The lowest BCUT2D eigenvalue weighted by molar-refractivity contribution is -0.0414. The van der Waals surface area contributed by atoms with Crippen LogP contribution in [-0.4, -0.2) is 55.0 Å². The Kier molecular flexibility index (Phi) is 4.54. The van der Waals surface area contributed by atoms with Crippen LogP contribution in [0.3, 0.4) is 0 Å². The molecule has 2 aromatic rings. The maximum absolute atomic E-state index is 5.89. The van der Waals surface area contributed by atoms with E-state index in [2.05, 4.69) is 31.5 Å². The van der Waals surface area contributed by atoms with Crippen molar-refractivity contribution in [3.63, 3.8) is 0 Å². The third-order valence-corrected chi connectivity index (χ3v) is 4.07. The van der Waals surface area contributed by atoms with E-state index in [1.165, 1.54) is 0 Å². The van der Waals surface area contributed by atoms with Gasteiger partial charge in [-0.05, 0) is 20.8 Å². The Balaban J connectivity index is 1.60. The molecule has 1 atom stereocenters. The fourth-order valence-electron chi connectivity index (χ4n) is 2.94. The first-order valence-corrected chi connectivity index (χ1v) is 7.87. The van der Waals surface area contributed by atoms with Crippen LogP contribution in [0.5, 0.6) is 0 Å². The molecule has 0 aliphatic carbocycles. The van der Waals surface area contributed by atoms with Crippen LogP contribution >= 0.6 is 0 Å². The van der Waals surface area contributed by atoms with Gasteiger partial charge in [0.1, 0.15) is 17.5 Å². The number of hydrogen-bond donors (Lipinski definition) is 0. The predicted molar refractivity (Wildman–Crippen MR) is 82.4 cm³/mol. The van der Waals surface area contributed by atoms with Gasteiger partial charge in [-0.3, -0.25) is 4.90 Å². The quantitative estimate of drug-likeness (QED) is 0.825. The third-order valence-electron chi connectivity index (χ3n) is 4.07. The van der Waals surface area contributed by atoms with Crippen molar-refractivity contribution in [3.05, 3.63) is 29.9 Å². The zero-order chi connectivity index (χ0) is 15.5. The van der Waals surface area contributed by atoms with Crippen LogP contribution in [-0.2, 0) is 24.4 Å². The number of morpholine rings is 1. The molecule has 7 heteroatoms. The van der Waals surface area contributed by atoms with E-state index in [1.807, 2.05) is 30.9 Å². The fourth-order valence-corrected chi connectivity index (χ4v) is 2.94. The lowest BCUT2D eigenvalue weighted by Gasteiger charge is -2.32. The van der Waals surface area contributed by atoms with Crippen LogP contribution in [0.1, 0.15) is 24.4 Å². The van der Waals surface area contributed by atoms with E-state index in [1.54, 1.807) is 0 Å². The molecule has 3 rings (SSSR count). The minimum absolute atomic E-state index is 0.151. The van der Waals surface area contributed by atoms with Crippen molar-refractivity contribution in [1.82, 2.24) is 29.2 Å². The van der Waals surface area contributed by atoms with E-state index in [0.717, 1.165) is 56.8 Å². The largest absolute Gasteiger partial charge is 0.374 e. The summed E-state index contributed by atoms with van der Waals surface area (Å²) in [4.78, 5) is 11.2. The zero-order valence-corrected chi connectivity index (χ0v) is 13.6. The van der Waals surface area contributed by atoms with Crippen LogP contribution in [0.2, 0.25) is 0 Å². The number of aromatic nitrogens is 5. The summed E-state index contributed by atoms with van der Waals surface area (Å²) in [6, 6.07) is 0. The maximum atomic E-state index is 5.89. The lowest BCUT2D eigenvalue weighted by Crippen LogP contribution is -2.44. The second kappa shape index (κ2) is 6.58. The molecule has 7 nitrogen and oxygen atoms in total. The molecule has 1 unspecified atom stereocenters. The van der Waals surface area contributed by atoms with Crippen molar-refractivity contribution in [2.45, 2.75) is 46.5 Å². The monoisotopic (exact) mass is 304 g/mol. The Morgan fingerprint density at radius 1 is 1.36 bits per heavy atom. The number of imidazole rings is 1. The van der Waals surface area contributed by atoms with E-state index in [4.69, 9.17) is 4.74 Å². The Morgan fingerprint density at radius 3 is 2.95 bits per heavy atom. The maximum Gasteiger partial charge on any atom is 0.147 e. The normalized spacial score (nSPS) is 19.7. The van der Waals surface area contributed by atoms with Crippen LogP contribution < -0.4 is 0 Å². The zero-order valence-electron chi connectivity index (χ0n) is 13.6. The summed E-state index contributed by atoms with van der Waals surface area (Å²) in [5, 5.41) is 4.42. The molecule has 1 fully saturated rings. The molecule has 2 aromatic heterocycles. The number of nitrogens with zero attached hydrogens (tertiary/aromatic N) is 6. The van der Waals surface area contributed by atoms with E-state index in [0.29, 0.717) is 0 Å². The SMILES string of the molecule is CCn1ccnc1CN1CCOC(Cn2nc(C)nc2C)C1. The van der Waals surface area contributed by atoms with Gasteiger partial charge < -0.3 is 9.30 Å². The Bertz CT molecular complexity index is 619. The lowest BCUT2D eigenvalue weighted by atomic mass is 10.2. The molecule has 0 radical (unpaired) electrons. The van der Waals surface area contributed by atoms with E-state index in [9.17, 15) is 0 Å². The molecule has 22 heavy (non-hydrogen) atoms. The average molecular weight is 304 g/mol. The molecule has 0 bridgehead atoms. The van der Waals surface area contributed by atoms with Gasteiger partial charge in [-0.25, -0.2) is 14.6 Å². The van der Waals surface area contributed by atoms with Crippen molar-refractivity contribution in [2.24, 2.45) is 0 Å². The molecule has 0 aromatic carbocycles. The van der Waals surface area contributed by atoms with Crippen molar-refractivity contribution in [2.75, 3.05) is 19.7 Å². The second-order valence-corrected chi connectivity index (χ2v) is 5.75. The summed E-state index contributed by atoms with van der Waals surface area (Å²) in [6.45, 7) is 11.2. The summed E-state index contributed by atoms with van der Waals surface area (Å²) >= 11 is 0. The smallest absolute Gasteiger partial charge is 0.147 e. The standard InChI is InChI=1S/C15H24N6O/c1-4-20-6-5-16-15(20)11-19-7-8-22-14(9-19)10-21-13(3)17-12(2)18-21/h5-6,14H,4,7-11H2,1-3H3. The highest BCUT2D eigenvalue weighted by molar-refractivity contribution is 4.93. The fraction of sp³-hybridized carbons (Fsp3) is 0.667. The van der Waals surface area contributed by atoms with Crippen LogP contribution in [0.4, 0.5) is 0 Å². The van der Waals surface area contributed by atoms with E-state index < -0.39 is 0 Å². The van der Waals surface area contributed by atoms with Gasteiger partial charge in [-0.15, -0.1) is 0 Å². The molecule has 0 saturated carbocycles. The molecule has 0 spiro atoms. The van der Waals surface area contributed by atoms with Crippen LogP contribution in [0.15, 0.2) is 12.4 Å². The predicted octanol–water partition coefficient (Wildman–Crippen LogP) is 1.01. The summed E-state index contributed by atoms with van der Waals surface area (Å²) in [7, 11) is 0. The Labute approximate surface area is 130 Å². The molecular formula is C15H24N6O. The summed E-state index contributed by atoms with van der Waals surface area (Å²) in [5.74, 6) is 2.88. The van der Waals surface area contributed by atoms with E-state index in [-0.39, 0.29) is 6.10 Å². The van der Waals surface area contributed by atoms with Crippen LogP contribution in [0, 0.1) is 13.8 Å². The molecule has 3 heterocycles. The number of hydrogen-bond acceptors (Lipinski definition) is 5. The Hall–Kier alpha value is -1.73. The van der Waals surface area contributed by atoms with Gasteiger partial charge in [0, 0.05) is 32.0 Å². The number of ether oxygens (including phenoxy) is 1. The first-order chi connectivity index (χ1) is 10.7. The van der Waals surface area contributed by atoms with Gasteiger partial charge in [0.05, 0.1) is 25.8 Å². The molecule has 1 aliphatic rings. The molecular weight excluding hydrogens is 280 g/mol. The molecule has 1 aliphatic heterocycles. The molecule has 1 saturated heterocycles. The number of aryl methyl sites for hydroxylation is 3. The molecule has 120 valence electrons. The van der Waals surface area contributed by atoms with Crippen molar-refractivity contribution in [3.8, 4) is 0 Å². The number of rotatable bonds is 5. The van der Waals surface area contributed by atoms with Gasteiger partial charge in [-0.1, -0.05) is 0 Å². The van der Waals surface area contributed by atoms with Gasteiger partial charge in [0.2, 0.25) is 0 Å². The third kappa shape index (κ3) is 3.36. The second-order valence-electron chi connectivity index (χ2n) is 5.75. The first kappa shape index (κ1) is 15.2.